The lowest BCUT2D eigenvalue weighted by molar-refractivity contribution is -0.143. The minimum absolute atomic E-state index is 0.0119. The number of nitrogens with zero attached hydrogens (tertiary/aromatic N) is 5. The molecule has 2 N–H and O–H groups in total. The molecule has 0 aliphatic carbocycles. The second kappa shape index (κ2) is 11.0. The zero-order chi connectivity index (χ0) is 28.5. The number of likely N-dealkylation sites (tertiary alicyclic amines) is 1. The molecule has 2 aromatic heterocycles. The Morgan fingerprint density at radius 3 is 2.38 bits per heavy atom. The number of anilines is 1. The Balaban J connectivity index is 1.30. The van der Waals surface area contributed by atoms with E-state index in [9.17, 15) is 41.0 Å². The minimum atomic E-state index is -4.97. The van der Waals surface area contributed by atoms with E-state index in [1.54, 1.807) is 5.10 Å². The Morgan fingerprint density at radius 1 is 1.08 bits per heavy atom. The summed E-state index contributed by atoms with van der Waals surface area (Å²) < 4.78 is 88.6. The van der Waals surface area contributed by atoms with Crippen molar-refractivity contribution in [2.24, 2.45) is 0 Å². The van der Waals surface area contributed by atoms with Gasteiger partial charge in [0.25, 0.3) is 11.5 Å². The van der Waals surface area contributed by atoms with Crippen LogP contribution in [-0.2, 0) is 21.9 Å². The average Bonchev–Trinajstić information content (AvgIpc) is 3.21. The fraction of sp³-hybridized carbons (Fsp3) is 0.591. The van der Waals surface area contributed by atoms with Gasteiger partial charge in [0.15, 0.2) is 11.3 Å². The van der Waals surface area contributed by atoms with Gasteiger partial charge in [0.05, 0.1) is 30.5 Å². The third kappa shape index (κ3) is 6.41. The zero-order valence-corrected chi connectivity index (χ0v) is 20.4. The zero-order valence-electron chi connectivity index (χ0n) is 20.4. The molecule has 4 atom stereocenters. The molecule has 0 aromatic carbocycles. The van der Waals surface area contributed by atoms with Gasteiger partial charge in [0.2, 0.25) is 5.95 Å². The van der Waals surface area contributed by atoms with Gasteiger partial charge in [-0.25, -0.2) is 15.1 Å². The van der Waals surface area contributed by atoms with Crippen LogP contribution in [0, 0.1) is 0 Å². The molecule has 4 heterocycles. The number of aliphatic hydroxyl groups is 1. The number of H-pyrrole nitrogens is 1. The predicted molar refractivity (Wildman–Crippen MR) is 120 cm³/mol. The number of hydrogen-bond acceptors (Lipinski definition) is 9. The number of hydrogen-bond donors (Lipinski definition) is 2. The number of rotatable bonds is 7. The van der Waals surface area contributed by atoms with Crippen molar-refractivity contribution in [1.82, 2.24) is 25.1 Å². The number of alkyl halides is 6. The van der Waals surface area contributed by atoms with Crippen LogP contribution in [0.25, 0.3) is 0 Å². The summed E-state index contributed by atoms with van der Waals surface area (Å²) in [6.07, 6.45) is -9.86. The molecule has 1 amide bonds. The normalized spacial score (nSPS) is 23.3. The standard InChI is InChI=1S/C22H24F6N6O5/c1-11(39-16-8-31-32-18(36)17(16)22(26,27)28)10-38-15-3-5-34(19(15)37)13-2-4-33(9-14(13)35)20-29-6-12(7-30-20)21(23,24)25/h6-8,11,13-15,35H,2-5,9-10H2,1H3,(H,32,36)/t11?,13-,14+,15?/m0/s1. The summed E-state index contributed by atoms with van der Waals surface area (Å²) in [5.74, 6) is -1.17. The number of aromatic amines is 1. The maximum atomic E-state index is 13.2. The lowest BCUT2D eigenvalue weighted by Gasteiger charge is -2.40. The molecule has 4 rings (SSSR count). The quantitative estimate of drug-likeness (QED) is 0.480. The van der Waals surface area contributed by atoms with Crippen LogP contribution in [0.15, 0.2) is 23.4 Å². The number of nitrogens with one attached hydrogen (secondary N) is 1. The summed E-state index contributed by atoms with van der Waals surface area (Å²) >= 11 is 0. The Labute approximate surface area is 216 Å². The molecular weight excluding hydrogens is 542 g/mol. The van der Waals surface area contributed by atoms with Crippen molar-refractivity contribution in [2.45, 2.75) is 56.5 Å². The van der Waals surface area contributed by atoms with Crippen molar-refractivity contribution in [3.05, 3.63) is 40.1 Å². The van der Waals surface area contributed by atoms with Crippen LogP contribution in [-0.4, -0.2) is 86.7 Å². The Hall–Kier alpha value is -3.47. The number of β-amino-alcohol motifs (C(OH)–C–C–N with tert-alkyl or cyclic N) is 1. The molecule has 2 aromatic rings. The molecular formula is C22H24F6N6O5. The molecule has 0 radical (unpaired) electrons. The molecule has 214 valence electrons. The number of halogens is 6. The predicted octanol–water partition coefficient (Wildman–Crippen LogP) is 1.62. The first kappa shape index (κ1) is 28.5. The fourth-order valence-electron chi connectivity index (χ4n) is 4.50. The second-order valence-electron chi connectivity index (χ2n) is 9.15. The third-order valence-electron chi connectivity index (χ3n) is 6.35. The van der Waals surface area contributed by atoms with Crippen molar-refractivity contribution in [1.29, 1.82) is 0 Å². The highest BCUT2D eigenvalue weighted by atomic mass is 19.4. The molecule has 39 heavy (non-hydrogen) atoms. The Morgan fingerprint density at radius 2 is 1.77 bits per heavy atom. The number of aliphatic hydroxyl groups excluding tert-OH is 1. The summed E-state index contributed by atoms with van der Waals surface area (Å²) in [5, 5.41) is 15.7. The number of piperidine rings is 1. The molecule has 0 bridgehead atoms. The van der Waals surface area contributed by atoms with Gasteiger partial charge >= 0.3 is 12.4 Å². The SMILES string of the molecule is CC(COC1CCN([C@H]2CCN(c3ncc(C(F)(F)F)cn3)C[C@H]2O)C1=O)Oc1cn[nH]c(=O)c1C(F)(F)F. The van der Waals surface area contributed by atoms with E-state index < -0.39 is 65.0 Å². The highest BCUT2D eigenvalue weighted by Crippen LogP contribution is 2.33. The highest BCUT2D eigenvalue weighted by Gasteiger charge is 2.42. The van der Waals surface area contributed by atoms with Gasteiger partial charge in [0, 0.05) is 38.4 Å². The van der Waals surface area contributed by atoms with Gasteiger partial charge in [-0.2, -0.15) is 31.4 Å². The van der Waals surface area contributed by atoms with E-state index in [-0.39, 0.29) is 38.6 Å². The number of carbonyl (C=O) groups excluding carboxylic acids is 1. The lowest BCUT2D eigenvalue weighted by atomic mass is 10.0. The van der Waals surface area contributed by atoms with Crippen LogP contribution >= 0.6 is 0 Å². The number of aromatic nitrogens is 4. The molecule has 0 saturated carbocycles. The van der Waals surface area contributed by atoms with Gasteiger partial charge in [0.1, 0.15) is 12.2 Å². The van der Waals surface area contributed by atoms with Crippen molar-refractivity contribution in [3.63, 3.8) is 0 Å². The van der Waals surface area contributed by atoms with E-state index in [4.69, 9.17) is 9.47 Å². The maximum Gasteiger partial charge on any atom is 0.425 e. The number of amides is 1. The molecule has 2 saturated heterocycles. The largest absolute Gasteiger partial charge is 0.486 e. The van der Waals surface area contributed by atoms with Gasteiger partial charge in [-0.05, 0) is 13.3 Å². The average molecular weight is 566 g/mol. The summed E-state index contributed by atoms with van der Waals surface area (Å²) in [7, 11) is 0. The molecule has 2 unspecified atom stereocenters. The first-order valence-electron chi connectivity index (χ1n) is 11.8. The van der Waals surface area contributed by atoms with E-state index >= 15 is 0 Å². The topological polar surface area (TPSA) is 134 Å². The maximum absolute atomic E-state index is 13.2. The van der Waals surface area contributed by atoms with E-state index in [0.717, 1.165) is 6.20 Å². The van der Waals surface area contributed by atoms with Gasteiger partial charge in [-0.15, -0.1) is 0 Å². The van der Waals surface area contributed by atoms with E-state index in [1.807, 2.05) is 0 Å². The molecule has 2 aliphatic heterocycles. The van der Waals surface area contributed by atoms with Crippen molar-refractivity contribution < 1.29 is 45.7 Å². The first-order valence-corrected chi connectivity index (χ1v) is 11.8. The van der Waals surface area contributed by atoms with Crippen molar-refractivity contribution in [2.75, 3.05) is 31.1 Å². The first-order chi connectivity index (χ1) is 18.3. The summed E-state index contributed by atoms with van der Waals surface area (Å²) in [5.41, 5.74) is -3.98. The van der Waals surface area contributed by atoms with Crippen molar-refractivity contribution >= 4 is 11.9 Å². The number of carbonyl (C=O) groups is 1. The molecule has 11 nitrogen and oxygen atoms in total. The smallest absolute Gasteiger partial charge is 0.425 e. The van der Waals surface area contributed by atoms with E-state index in [0.29, 0.717) is 18.8 Å². The fourth-order valence-corrected chi connectivity index (χ4v) is 4.50. The molecule has 2 fully saturated rings. The second-order valence-corrected chi connectivity index (χ2v) is 9.15. The Bertz CT molecular complexity index is 1220. The molecule has 2 aliphatic rings. The summed E-state index contributed by atoms with van der Waals surface area (Å²) in [6, 6.07) is -0.582. The lowest BCUT2D eigenvalue weighted by Crippen LogP contribution is -2.55. The van der Waals surface area contributed by atoms with Crippen LogP contribution in [0.3, 0.4) is 0 Å². The number of ether oxygens (including phenoxy) is 2. The monoisotopic (exact) mass is 566 g/mol. The minimum Gasteiger partial charge on any atom is -0.486 e. The Kier molecular flexibility index (Phi) is 8.02. The van der Waals surface area contributed by atoms with E-state index in [2.05, 4.69) is 15.1 Å². The molecule has 17 heteroatoms. The molecule has 0 spiro atoms. The highest BCUT2D eigenvalue weighted by molar-refractivity contribution is 5.83. The van der Waals surface area contributed by atoms with Gasteiger partial charge in [-0.3, -0.25) is 9.59 Å². The summed E-state index contributed by atoms with van der Waals surface area (Å²) in [4.78, 5) is 34.9. The van der Waals surface area contributed by atoms with Crippen LogP contribution in [0.2, 0.25) is 0 Å². The summed E-state index contributed by atoms with van der Waals surface area (Å²) in [6.45, 7) is 1.66. The van der Waals surface area contributed by atoms with Gasteiger partial charge < -0.3 is 24.4 Å². The van der Waals surface area contributed by atoms with Crippen LogP contribution < -0.4 is 15.2 Å². The van der Waals surface area contributed by atoms with Crippen LogP contribution in [0.4, 0.5) is 32.3 Å². The third-order valence-corrected chi connectivity index (χ3v) is 6.35. The van der Waals surface area contributed by atoms with Crippen LogP contribution in [0.1, 0.15) is 30.9 Å². The van der Waals surface area contributed by atoms with Crippen LogP contribution in [0.5, 0.6) is 5.75 Å². The van der Waals surface area contributed by atoms with Crippen molar-refractivity contribution in [3.8, 4) is 5.75 Å². The van der Waals surface area contributed by atoms with E-state index in [1.165, 1.54) is 16.7 Å². The van der Waals surface area contributed by atoms with Gasteiger partial charge in [-0.1, -0.05) is 0 Å².